The summed E-state index contributed by atoms with van der Waals surface area (Å²) in [6.45, 7) is 2.69. The maximum atomic E-state index is 13.0. The van der Waals surface area contributed by atoms with Crippen molar-refractivity contribution >= 4 is 5.91 Å². The molecule has 0 aliphatic carbocycles. The number of hydrogen-bond acceptors (Lipinski definition) is 3. The number of halogens is 1. The Balaban J connectivity index is 1.48. The molecule has 1 aliphatic rings. The van der Waals surface area contributed by atoms with Gasteiger partial charge in [-0.05, 0) is 56.0 Å². The van der Waals surface area contributed by atoms with Crippen molar-refractivity contribution in [3.05, 3.63) is 77.8 Å². The Hall–Kier alpha value is -3.02. The predicted molar refractivity (Wildman–Crippen MR) is 105 cm³/mol. The zero-order valence-electron chi connectivity index (χ0n) is 15.9. The molecule has 0 unspecified atom stereocenters. The molecule has 3 aromatic rings. The second-order valence-electron chi connectivity index (χ2n) is 7.14. The molecule has 144 valence electrons. The first-order valence-electron chi connectivity index (χ1n) is 9.63. The lowest BCUT2D eigenvalue weighted by atomic mass is 10.1. The number of aryl methyl sites for hydroxylation is 2. The molecule has 0 bridgehead atoms. The number of carbonyl (C=O) groups excluding carboxylic acids is 1. The summed E-state index contributed by atoms with van der Waals surface area (Å²) in [5.41, 5.74) is 1.89. The molecule has 0 N–H and O–H groups in total. The van der Waals surface area contributed by atoms with E-state index in [4.69, 9.17) is 4.98 Å². The third kappa shape index (κ3) is 3.81. The maximum absolute atomic E-state index is 13.0. The minimum Gasteiger partial charge on any atom is -0.334 e. The van der Waals surface area contributed by atoms with Crippen LogP contribution in [-0.2, 0) is 11.2 Å². The van der Waals surface area contributed by atoms with Gasteiger partial charge in [-0.3, -0.25) is 9.36 Å². The fraction of sp³-hybridized carbons (Fsp3) is 0.318. The molecule has 5 nitrogen and oxygen atoms in total. The lowest BCUT2D eigenvalue weighted by Crippen LogP contribution is -2.31. The zero-order chi connectivity index (χ0) is 19.5. The van der Waals surface area contributed by atoms with E-state index in [-0.39, 0.29) is 17.8 Å². The van der Waals surface area contributed by atoms with Gasteiger partial charge in [0.25, 0.3) is 0 Å². The van der Waals surface area contributed by atoms with Crippen LogP contribution >= 0.6 is 0 Å². The van der Waals surface area contributed by atoms with Gasteiger partial charge < -0.3 is 4.90 Å². The van der Waals surface area contributed by atoms with Crippen LogP contribution in [0.2, 0.25) is 0 Å². The summed E-state index contributed by atoms with van der Waals surface area (Å²) < 4.78 is 15.0. The second-order valence-corrected chi connectivity index (χ2v) is 7.14. The minimum atomic E-state index is -0.256. The van der Waals surface area contributed by atoms with Crippen molar-refractivity contribution in [2.75, 3.05) is 6.54 Å². The highest BCUT2D eigenvalue weighted by atomic mass is 19.1. The minimum absolute atomic E-state index is 0.00416. The molecule has 2 aromatic heterocycles. The van der Waals surface area contributed by atoms with Crippen LogP contribution in [0.1, 0.15) is 42.4 Å². The van der Waals surface area contributed by atoms with E-state index in [9.17, 15) is 9.18 Å². The Morgan fingerprint density at radius 1 is 1.21 bits per heavy atom. The van der Waals surface area contributed by atoms with Crippen LogP contribution in [0.3, 0.4) is 0 Å². The number of nitrogens with zero attached hydrogens (tertiary/aromatic N) is 4. The molecule has 1 fully saturated rings. The van der Waals surface area contributed by atoms with Crippen molar-refractivity contribution in [3.63, 3.8) is 0 Å². The van der Waals surface area contributed by atoms with Crippen LogP contribution in [0.5, 0.6) is 0 Å². The van der Waals surface area contributed by atoms with E-state index < -0.39 is 0 Å². The molecule has 0 spiro atoms. The van der Waals surface area contributed by atoms with Crippen molar-refractivity contribution in [2.45, 2.75) is 38.6 Å². The zero-order valence-corrected chi connectivity index (χ0v) is 15.9. The van der Waals surface area contributed by atoms with E-state index in [0.717, 1.165) is 42.3 Å². The van der Waals surface area contributed by atoms with Gasteiger partial charge in [0.1, 0.15) is 17.5 Å². The number of hydrogen-bond donors (Lipinski definition) is 0. The average molecular weight is 378 g/mol. The Bertz CT molecular complexity index is 967. The molecule has 1 aromatic carbocycles. The Labute approximate surface area is 163 Å². The lowest BCUT2D eigenvalue weighted by molar-refractivity contribution is -0.132. The largest absolute Gasteiger partial charge is 0.334 e. The monoisotopic (exact) mass is 378 g/mol. The summed E-state index contributed by atoms with van der Waals surface area (Å²) in [5, 5.41) is 0. The van der Waals surface area contributed by atoms with Crippen LogP contribution in [0.4, 0.5) is 4.39 Å². The van der Waals surface area contributed by atoms with Gasteiger partial charge in [-0.2, -0.15) is 0 Å². The molecule has 0 saturated carbocycles. The number of pyridine rings is 1. The molecule has 1 aliphatic heterocycles. The van der Waals surface area contributed by atoms with Gasteiger partial charge in [0.15, 0.2) is 0 Å². The van der Waals surface area contributed by atoms with Crippen LogP contribution in [-0.4, -0.2) is 31.9 Å². The fourth-order valence-corrected chi connectivity index (χ4v) is 3.80. The van der Waals surface area contributed by atoms with Crippen molar-refractivity contribution in [3.8, 4) is 5.82 Å². The summed E-state index contributed by atoms with van der Waals surface area (Å²) in [6.07, 6.45) is 6.57. The maximum Gasteiger partial charge on any atom is 0.223 e. The third-order valence-electron chi connectivity index (χ3n) is 5.28. The fourth-order valence-electron chi connectivity index (χ4n) is 3.80. The van der Waals surface area contributed by atoms with Gasteiger partial charge >= 0.3 is 0 Å². The highest BCUT2D eigenvalue weighted by molar-refractivity contribution is 5.77. The van der Waals surface area contributed by atoms with Crippen molar-refractivity contribution in [1.82, 2.24) is 19.4 Å². The van der Waals surface area contributed by atoms with Gasteiger partial charge in [0.2, 0.25) is 5.91 Å². The number of benzene rings is 1. The quantitative estimate of drug-likeness (QED) is 0.674. The molecular formula is C22H23FN4O. The normalized spacial score (nSPS) is 16.5. The van der Waals surface area contributed by atoms with E-state index in [2.05, 4.69) is 4.98 Å². The Morgan fingerprint density at radius 3 is 2.79 bits per heavy atom. The van der Waals surface area contributed by atoms with Crippen LogP contribution in [0, 0.1) is 12.7 Å². The molecule has 0 radical (unpaired) electrons. The van der Waals surface area contributed by atoms with Crippen LogP contribution in [0.15, 0.2) is 54.9 Å². The number of imidazole rings is 1. The smallest absolute Gasteiger partial charge is 0.223 e. The van der Waals surface area contributed by atoms with Gasteiger partial charge in [-0.25, -0.2) is 14.4 Å². The van der Waals surface area contributed by atoms with E-state index in [1.165, 1.54) is 12.1 Å². The standard InChI is InChI=1S/C22H23FN4O/c1-16-24-13-15-26(16)21-6-2-4-19(25-21)20-5-3-14-27(20)22(28)12-9-17-7-10-18(23)11-8-17/h2,4,6-8,10-11,13,15,20H,3,5,9,12,14H2,1H3/t20-/m1/s1. The summed E-state index contributed by atoms with van der Waals surface area (Å²) in [4.78, 5) is 23.8. The number of aromatic nitrogens is 3. The number of likely N-dealkylation sites (tertiary alicyclic amines) is 1. The molecule has 6 heteroatoms. The molecule has 1 saturated heterocycles. The first kappa shape index (κ1) is 18.3. The van der Waals surface area contributed by atoms with Gasteiger partial charge in [0, 0.05) is 25.4 Å². The number of amides is 1. The molecular weight excluding hydrogens is 355 g/mol. The lowest BCUT2D eigenvalue weighted by Gasteiger charge is -2.25. The molecule has 3 heterocycles. The van der Waals surface area contributed by atoms with Crippen LogP contribution < -0.4 is 0 Å². The van der Waals surface area contributed by atoms with Gasteiger partial charge in [-0.15, -0.1) is 0 Å². The summed E-state index contributed by atoms with van der Waals surface area (Å²) in [6, 6.07) is 12.3. The highest BCUT2D eigenvalue weighted by Gasteiger charge is 2.30. The molecule has 1 amide bonds. The molecule has 28 heavy (non-hydrogen) atoms. The molecule has 1 atom stereocenters. The summed E-state index contributed by atoms with van der Waals surface area (Å²) in [7, 11) is 0. The van der Waals surface area contributed by atoms with E-state index in [0.29, 0.717) is 12.8 Å². The van der Waals surface area contributed by atoms with Crippen molar-refractivity contribution in [1.29, 1.82) is 0 Å². The van der Waals surface area contributed by atoms with Crippen LogP contribution in [0.25, 0.3) is 5.82 Å². The highest BCUT2D eigenvalue weighted by Crippen LogP contribution is 2.32. The SMILES string of the molecule is Cc1nccn1-c1cccc([C@H]2CCCN2C(=O)CCc2ccc(F)cc2)n1. The second kappa shape index (κ2) is 7.92. The van der Waals surface area contributed by atoms with Gasteiger partial charge in [-0.1, -0.05) is 18.2 Å². The van der Waals surface area contributed by atoms with Crippen molar-refractivity contribution in [2.24, 2.45) is 0 Å². The Morgan fingerprint density at radius 2 is 2.04 bits per heavy atom. The number of carbonyl (C=O) groups is 1. The predicted octanol–water partition coefficient (Wildman–Crippen LogP) is 4.01. The molecule has 4 rings (SSSR count). The van der Waals surface area contributed by atoms with Crippen molar-refractivity contribution < 1.29 is 9.18 Å². The van der Waals surface area contributed by atoms with E-state index in [1.54, 1.807) is 18.3 Å². The number of rotatable bonds is 5. The first-order valence-corrected chi connectivity index (χ1v) is 9.63. The third-order valence-corrected chi connectivity index (χ3v) is 5.28. The summed E-state index contributed by atoms with van der Waals surface area (Å²) in [5.74, 6) is 1.56. The topological polar surface area (TPSA) is 51.0 Å². The summed E-state index contributed by atoms with van der Waals surface area (Å²) >= 11 is 0. The Kier molecular flexibility index (Phi) is 5.19. The van der Waals surface area contributed by atoms with Gasteiger partial charge in [0.05, 0.1) is 11.7 Å². The first-order chi connectivity index (χ1) is 13.6. The average Bonchev–Trinajstić information content (AvgIpc) is 3.36. The van der Waals surface area contributed by atoms with E-state index >= 15 is 0 Å². The van der Waals surface area contributed by atoms with E-state index in [1.807, 2.05) is 40.8 Å².